The predicted octanol–water partition coefficient (Wildman–Crippen LogP) is 2.15. The summed E-state index contributed by atoms with van der Waals surface area (Å²) in [4.78, 5) is 12.7. The fourth-order valence-corrected chi connectivity index (χ4v) is 3.04. The number of aromatic amines is 1. The maximum absolute atomic E-state index is 12.0. The van der Waals surface area contributed by atoms with E-state index in [-0.39, 0.29) is 5.91 Å². The van der Waals surface area contributed by atoms with Crippen molar-refractivity contribution in [3.63, 3.8) is 0 Å². The molecule has 0 fully saturated rings. The van der Waals surface area contributed by atoms with Crippen LogP contribution in [0.1, 0.15) is 30.0 Å². The minimum atomic E-state index is -1.10. The van der Waals surface area contributed by atoms with Crippen LogP contribution in [0.15, 0.2) is 41.3 Å². The lowest BCUT2D eigenvalue weighted by Gasteiger charge is -2.03. The number of aromatic nitrogens is 2. The Morgan fingerprint density at radius 3 is 2.73 bits per heavy atom. The first-order valence-electron chi connectivity index (χ1n) is 7.32. The van der Waals surface area contributed by atoms with Gasteiger partial charge in [0.25, 0.3) is 5.91 Å². The van der Waals surface area contributed by atoms with Crippen molar-refractivity contribution in [3.05, 3.63) is 47.8 Å². The molecular formula is C16H21N3O2S. The molecule has 0 spiro atoms. The largest absolute Gasteiger partial charge is 0.350 e. The third-order valence-corrected chi connectivity index (χ3v) is 4.44. The second kappa shape index (κ2) is 7.89. The average molecular weight is 319 g/mol. The van der Waals surface area contributed by atoms with Gasteiger partial charge in [-0.15, -0.1) is 0 Å². The van der Waals surface area contributed by atoms with E-state index in [1.165, 1.54) is 0 Å². The lowest BCUT2D eigenvalue weighted by Crippen LogP contribution is -2.28. The van der Waals surface area contributed by atoms with E-state index in [0.717, 1.165) is 17.0 Å². The summed E-state index contributed by atoms with van der Waals surface area (Å²) in [5.74, 6) is 0.653. The fourth-order valence-electron chi connectivity index (χ4n) is 2.06. The molecule has 0 radical (unpaired) electrons. The highest BCUT2D eigenvalue weighted by Crippen LogP contribution is 2.07. The number of nitrogens with one attached hydrogen (secondary N) is 2. The summed E-state index contributed by atoms with van der Waals surface area (Å²) in [6.45, 7) is 4.58. The molecule has 6 heteroatoms. The highest BCUT2D eigenvalue weighted by atomic mass is 32.2. The quantitative estimate of drug-likeness (QED) is 0.821. The Balaban J connectivity index is 1.80. The Morgan fingerprint density at radius 2 is 2.05 bits per heavy atom. The molecule has 22 heavy (non-hydrogen) atoms. The molecule has 1 aromatic heterocycles. The third kappa shape index (κ3) is 4.80. The van der Waals surface area contributed by atoms with Crippen LogP contribution in [0.4, 0.5) is 0 Å². The highest BCUT2D eigenvalue weighted by Gasteiger charge is 2.11. The van der Waals surface area contributed by atoms with E-state index in [0.29, 0.717) is 23.9 Å². The number of carbonyl (C=O) groups is 1. The molecule has 1 aromatic carbocycles. The van der Waals surface area contributed by atoms with E-state index in [1.807, 2.05) is 30.3 Å². The van der Waals surface area contributed by atoms with E-state index in [4.69, 9.17) is 0 Å². The van der Waals surface area contributed by atoms with Gasteiger partial charge in [0.05, 0.1) is 10.8 Å². The molecule has 0 aliphatic carbocycles. The van der Waals surface area contributed by atoms with Gasteiger partial charge in [-0.2, -0.15) is 5.10 Å². The summed E-state index contributed by atoms with van der Waals surface area (Å²) in [5.41, 5.74) is 1.33. The van der Waals surface area contributed by atoms with Gasteiger partial charge in [-0.25, -0.2) is 0 Å². The van der Waals surface area contributed by atoms with Crippen molar-refractivity contribution < 1.29 is 9.00 Å². The van der Waals surface area contributed by atoms with E-state index in [2.05, 4.69) is 29.4 Å². The number of carbonyl (C=O) groups excluding carboxylic acids is 1. The lowest BCUT2D eigenvalue weighted by molar-refractivity contribution is 0.0951. The number of hydrogen-bond acceptors (Lipinski definition) is 3. The van der Waals surface area contributed by atoms with Gasteiger partial charge < -0.3 is 5.32 Å². The summed E-state index contributed by atoms with van der Waals surface area (Å²) in [5, 5.41) is 9.64. The first-order valence-corrected chi connectivity index (χ1v) is 8.64. The van der Waals surface area contributed by atoms with Crippen molar-refractivity contribution in [1.82, 2.24) is 15.5 Å². The van der Waals surface area contributed by atoms with Gasteiger partial charge in [0, 0.05) is 22.9 Å². The Kier molecular flexibility index (Phi) is 5.89. The smallest absolute Gasteiger partial charge is 0.271 e. The number of hydrogen-bond donors (Lipinski definition) is 2. The van der Waals surface area contributed by atoms with Gasteiger partial charge in [0.1, 0.15) is 5.69 Å². The average Bonchev–Trinajstić information content (AvgIpc) is 2.95. The van der Waals surface area contributed by atoms with E-state index >= 15 is 0 Å². The van der Waals surface area contributed by atoms with Crippen LogP contribution in [0.5, 0.6) is 0 Å². The van der Waals surface area contributed by atoms with Crippen molar-refractivity contribution in [2.45, 2.75) is 25.2 Å². The number of rotatable bonds is 7. The minimum absolute atomic E-state index is 0.240. The fraction of sp³-hybridized carbons (Fsp3) is 0.375. The predicted molar refractivity (Wildman–Crippen MR) is 87.2 cm³/mol. The van der Waals surface area contributed by atoms with Gasteiger partial charge in [-0.1, -0.05) is 32.0 Å². The number of nitrogens with zero attached hydrogens (tertiary/aromatic N) is 1. The molecule has 0 saturated carbocycles. The maximum Gasteiger partial charge on any atom is 0.271 e. The Hall–Kier alpha value is -1.95. The van der Waals surface area contributed by atoms with Gasteiger partial charge in [-0.3, -0.25) is 14.1 Å². The minimum Gasteiger partial charge on any atom is -0.350 e. The normalized spacial score (nSPS) is 12.3. The topological polar surface area (TPSA) is 74.8 Å². The number of H-pyrrole nitrogens is 1. The molecule has 0 aliphatic rings. The molecule has 1 atom stereocenters. The van der Waals surface area contributed by atoms with Gasteiger partial charge in [0.2, 0.25) is 0 Å². The molecule has 0 bridgehead atoms. The van der Waals surface area contributed by atoms with Gasteiger partial charge >= 0.3 is 0 Å². The lowest BCUT2D eigenvalue weighted by atomic mass is 10.1. The SMILES string of the molecule is CC(C)Cc1cc(C(=O)NCCS(=O)c2ccccc2)n[nH]1. The molecule has 1 heterocycles. The van der Waals surface area contributed by atoms with Gasteiger partial charge in [0.15, 0.2) is 0 Å². The molecule has 0 saturated heterocycles. The van der Waals surface area contributed by atoms with Crippen LogP contribution in [-0.2, 0) is 17.2 Å². The van der Waals surface area contributed by atoms with Crippen LogP contribution >= 0.6 is 0 Å². The standard InChI is InChI=1S/C16H21N3O2S/c1-12(2)10-13-11-15(19-18-13)16(20)17-8-9-22(21)14-6-4-3-5-7-14/h3-7,11-12H,8-10H2,1-2H3,(H,17,20)(H,18,19). The van der Waals surface area contributed by atoms with Crippen molar-refractivity contribution in [2.75, 3.05) is 12.3 Å². The molecule has 118 valence electrons. The highest BCUT2D eigenvalue weighted by molar-refractivity contribution is 7.85. The molecule has 2 N–H and O–H groups in total. The molecule has 2 aromatic rings. The molecule has 5 nitrogen and oxygen atoms in total. The second-order valence-corrected chi connectivity index (χ2v) is 7.07. The van der Waals surface area contributed by atoms with Crippen LogP contribution in [0.3, 0.4) is 0 Å². The van der Waals surface area contributed by atoms with E-state index in [1.54, 1.807) is 6.07 Å². The summed E-state index contributed by atoms with van der Waals surface area (Å²) >= 11 is 0. The van der Waals surface area contributed by atoms with Crippen LogP contribution < -0.4 is 5.32 Å². The zero-order valence-electron chi connectivity index (χ0n) is 12.8. The zero-order valence-corrected chi connectivity index (χ0v) is 13.7. The Morgan fingerprint density at radius 1 is 1.32 bits per heavy atom. The number of benzene rings is 1. The van der Waals surface area contributed by atoms with Crippen LogP contribution in [0.25, 0.3) is 0 Å². The first-order chi connectivity index (χ1) is 10.6. The molecule has 2 rings (SSSR count). The summed E-state index contributed by atoms with van der Waals surface area (Å²) in [6.07, 6.45) is 0.859. The first kappa shape index (κ1) is 16.4. The van der Waals surface area contributed by atoms with Crippen molar-refractivity contribution in [2.24, 2.45) is 5.92 Å². The maximum atomic E-state index is 12.0. The van der Waals surface area contributed by atoms with E-state index < -0.39 is 10.8 Å². The summed E-state index contributed by atoms with van der Waals surface area (Å²) in [6, 6.07) is 11.0. The summed E-state index contributed by atoms with van der Waals surface area (Å²) < 4.78 is 12.0. The van der Waals surface area contributed by atoms with E-state index in [9.17, 15) is 9.00 Å². The Bertz CT molecular complexity index is 638. The monoisotopic (exact) mass is 319 g/mol. The van der Waals surface area contributed by atoms with Crippen LogP contribution in [0.2, 0.25) is 0 Å². The molecule has 0 aliphatic heterocycles. The van der Waals surface area contributed by atoms with Crippen molar-refractivity contribution in [3.8, 4) is 0 Å². The Labute approximate surface area is 133 Å². The van der Waals surface area contributed by atoms with Crippen LogP contribution in [-0.4, -0.2) is 32.6 Å². The molecular weight excluding hydrogens is 298 g/mol. The van der Waals surface area contributed by atoms with Gasteiger partial charge in [-0.05, 0) is 30.5 Å². The number of amides is 1. The van der Waals surface area contributed by atoms with Crippen LogP contribution in [0, 0.1) is 5.92 Å². The van der Waals surface area contributed by atoms with Crippen molar-refractivity contribution in [1.29, 1.82) is 0 Å². The zero-order chi connectivity index (χ0) is 15.9. The summed E-state index contributed by atoms with van der Waals surface area (Å²) in [7, 11) is -1.10. The van der Waals surface area contributed by atoms with Crippen molar-refractivity contribution >= 4 is 16.7 Å². The molecule has 1 unspecified atom stereocenters. The third-order valence-electron chi connectivity index (χ3n) is 3.07. The second-order valence-electron chi connectivity index (χ2n) is 5.49. The molecule has 1 amide bonds.